The molecule has 0 fully saturated rings. The molecule has 0 aromatic heterocycles. The van der Waals surface area contributed by atoms with Gasteiger partial charge >= 0.3 is 5.97 Å². The number of ether oxygens (including phenoxy) is 1. The number of nitrogens with one attached hydrogen (secondary N) is 1. The molecule has 3 aromatic carbocycles. The third-order valence-electron chi connectivity index (χ3n) is 4.15. The Morgan fingerprint density at radius 2 is 1.77 bits per heavy atom. The van der Waals surface area contributed by atoms with Crippen molar-refractivity contribution in [3.63, 3.8) is 0 Å². The summed E-state index contributed by atoms with van der Waals surface area (Å²) >= 11 is 0. The third-order valence-corrected chi connectivity index (χ3v) is 4.15. The maximum Gasteiger partial charge on any atom is 0.343 e. The fourth-order valence-electron chi connectivity index (χ4n) is 2.59. The number of amides is 1. The number of carbonyl (C=O) groups is 2. The van der Waals surface area contributed by atoms with Crippen LogP contribution in [-0.2, 0) is 0 Å². The second kappa shape index (κ2) is 9.24. The van der Waals surface area contributed by atoms with Crippen molar-refractivity contribution >= 4 is 23.8 Å². The molecule has 150 valence electrons. The van der Waals surface area contributed by atoms with Crippen molar-refractivity contribution in [2.75, 3.05) is 0 Å². The Morgan fingerprint density at radius 1 is 1.03 bits per heavy atom. The zero-order valence-electron chi connectivity index (χ0n) is 15.9. The van der Waals surface area contributed by atoms with Crippen molar-refractivity contribution in [1.82, 2.24) is 5.43 Å². The second-order valence-electron chi connectivity index (χ2n) is 6.28. The number of hydrazone groups is 1. The highest BCUT2D eigenvalue weighted by Gasteiger charge is 2.13. The zero-order chi connectivity index (χ0) is 21.5. The topological polar surface area (TPSA) is 111 Å². The van der Waals surface area contributed by atoms with Crippen LogP contribution in [0.15, 0.2) is 77.9 Å². The van der Waals surface area contributed by atoms with Crippen LogP contribution in [0.25, 0.3) is 0 Å². The normalized spacial score (nSPS) is 10.6. The van der Waals surface area contributed by atoms with Crippen molar-refractivity contribution in [2.24, 2.45) is 5.10 Å². The summed E-state index contributed by atoms with van der Waals surface area (Å²) in [5.41, 5.74) is 4.41. The first-order chi connectivity index (χ1) is 14.4. The molecule has 0 bridgehead atoms. The van der Waals surface area contributed by atoms with Gasteiger partial charge in [-0.2, -0.15) is 5.10 Å². The summed E-state index contributed by atoms with van der Waals surface area (Å²) in [6.07, 6.45) is 1.46. The van der Waals surface area contributed by atoms with Gasteiger partial charge in [-0.05, 0) is 54.4 Å². The van der Waals surface area contributed by atoms with E-state index in [1.54, 1.807) is 36.4 Å². The van der Waals surface area contributed by atoms with Gasteiger partial charge < -0.3 is 4.74 Å². The minimum absolute atomic E-state index is 0.0776. The number of benzene rings is 3. The third kappa shape index (κ3) is 5.14. The van der Waals surface area contributed by atoms with Crippen LogP contribution in [0.5, 0.6) is 5.75 Å². The van der Waals surface area contributed by atoms with Crippen LogP contribution in [0.4, 0.5) is 5.69 Å². The largest absolute Gasteiger partial charge is 0.423 e. The van der Waals surface area contributed by atoms with Gasteiger partial charge in [-0.15, -0.1) is 0 Å². The number of rotatable bonds is 6. The van der Waals surface area contributed by atoms with Crippen LogP contribution in [0.1, 0.15) is 31.8 Å². The monoisotopic (exact) mass is 403 g/mol. The van der Waals surface area contributed by atoms with Crippen molar-refractivity contribution in [2.45, 2.75) is 6.92 Å². The molecule has 0 aliphatic rings. The average Bonchev–Trinajstić information content (AvgIpc) is 2.75. The summed E-state index contributed by atoms with van der Waals surface area (Å²) in [5.74, 6) is -0.745. The molecule has 30 heavy (non-hydrogen) atoms. The van der Waals surface area contributed by atoms with Crippen LogP contribution >= 0.6 is 0 Å². The van der Waals surface area contributed by atoms with Gasteiger partial charge in [0, 0.05) is 17.7 Å². The predicted octanol–water partition coefficient (Wildman–Crippen LogP) is 3.89. The van der Waals surface area contributed by atoms with E-state index in [2.05, 4.69) is 10.5 Å². The Hall–Kier alpha value is -4.33. The van der Waals surface area contributed by atoms with Crippen molar-refractivity contribution in [3.8, 4) is 5.75 Å². The molecule has 0 radical (unpaired) electrons. The highest BCUT2D eigenvalue weighted by molar-refractivity contribution is 5.96. The Bertz CT molecular complexity index is 1120. The molecule has 8 heteroatoms. The summed E-state index contributed by atoms with van der Waals surface area (Å²) < 4.78 is 5.23. The lowest BCUT2D eigenvalue weighted by Gasteiger charge is -2.05. The number of hydrogen-bond donors (Lipinski definition) is 1. The highest BCUT2D eigenvalue weighted by atomic mass is 16.6. The number of nitro benzene ring substituents is 1. The number of aryl methyl sites for hydroxylation is 1. The summed E-state index contributed by atoms with van der Waals surface area (Å²) in [5, 5.41) is 14.7. The fourth-order valence-corrected chi connectivity index (χ4v) is 2.59. The molecule has 0 saturated heterocycles. The maximum absolute atomic E-state index is 12.2. The van der Waals surface area contributed by atoms with E-state index in [9.17, 15) is 19.7 Å². The highest BCUT2D eigenvalue weighted by Crippen LogP contribution is 2.17. The average molecular weight is 403 g/mol. The van der Waals surface area contributed by atoms with Crippen LogP contribution in [0.2, 0.25) is 0 Å². The Morgan fingerprint density at radius 3 is 2.47 bits per heavy atom. The second-order valence-corrected chi connectivity index (χ2v) is 6.28. The first-order valence-corrected chi connectivity index (χ1v) is 8.90. The van der Waals surface area contributed by atoms with E-state index in [1.165, 1.54) is 24.4 Å². The van der Waals surface area contributed by atoms with E-state index >= 15 is 0 Å². The SMILES string of the molecule is Cc1ccccc1C(=O)N/N=C\c1ccc(OC(=O)c2cccc([N+](=O)[O-])c2)cc1. The Balaban J connectivity index is 1.59. The van der Waals surface area contributed by atoms with Crippen molar-refractivity contribution < 1.29 is 19.2 Å². The number of carbonyl (C=O) groups excluding carboxylic acids is 2. The fraction of sp³-hybridized carbons (Fsp3) is 0.0455. The van der Waals surface area contributed by atoms with Crippen LogP contribution in [0.3, 0.4) is 0 Å². The van der Waals surface area contributed by atoms with Gasteiger partial charge in [-0.25, -0.2) is 10.2 Å². The van der Waals surface area contributed by atoms with E-state index < -0.39 is 10.9 Å². The van der Waals surface area contributed by atoms with E-state index in [1.807, 2.05) is 19.1 Å². The van der Waals surface area contributed by atoms with E-state index in [0.717, 1.165) is 11.6 Å². The number of esters is 1. The van der Waals surface area contributed by atoms with Gasteiger partial charge in [0.1, 0.15) is 5.75 Å². The molecule has 3 rings (SSSR count). The minimum atomic E-state index is -0.703. The molecule has 0 aliphatic carbocycles. The van der Waals surface area contributed by atoms with Gasteiger partial charge in [0.2, 0.25) is 0 Å². The van der Waals surface area contributed by atoms with E-state index in [4.69, 9.17) is 4.74 Å². The molecule has 3 aromatic rings. The first-order valence-electron chi connectivity index (χ1n) is 8.90. The van der Waals surface area contributed by atoms with Gasteiger partial charge in [0.25, 0.3) is 11.6 Å². The van der Waals surface area contributed by atoms with Crippen LogP contribution in [0, 0.1) is 17.0 Å². The lowest BCUT2D eigenvalue weighted by atomic mass is 10.1. The van der Waals surface area contributed by atoms with Crippen molar-refractivity contribution in [1.29, 1.82) is 0 Å². The molecule has 1 N–H and O–H groups in total. The van der Waals surface area contributed by atoms with E-state index in [0.29, 0.717) is 11.1 Å². The van der Waals surface area contributed by atoms with E-state index in [-0.39, 0.29) is 22.9 Å². The van der Waals surface area contributed by atoms with Gasteiger partial charge in [-0.3, -0.25) is 14.9 Å². The Kier molecular flexibility index (Phi) is 6.29. The van der Waals surface area contributed by atoms with Crippen LogP contribution < -0.4 is 10.2 Å². The van der Waals surface area contributed by atoms with Gasteiger partial charge in [0.15, 0.2) is 0 Å². The molecule has 0 aliphatic heterocycles. The molecule has 0 saturated carbocycles. The molecule has 0 heterocycles. The number of nitro groups is 1. The summed E-state index contributed by atoms with van der Waals surface area (Å²) in [6, 6.07) is 18.9. The first kappa shape index (κ1) is 20.4. The summed E-state index contributed by atoms with van der Waals surface area (Å²) in [7, 11) is 0. The molecule has 1 amide bonds. The molecule has 0 atom stereocenters. The smallest absolute Gasteiger partial charge is 0.343 e. The molecular weight excluding hydrogens is 386 g/mol. The summed E-state index contributed by atoms with van der Waals surface area (Å²) in [4.78, 5) is 34.5. The quantitative estimate of drug-likeness (QED) is 0.221. The Labute approximate surface area is 172 Å². The number of non-ortho nitro benzene ring substituents is 1. The maximum atomic E-state index is 12.2. The number of nitrogens with zero attached hydrogens (tertiary/aromatic N) is 2. The molecular formula is C22H17N3O5. The van der Waals surface area contributed by atoms with Gasteiger partial charge in [0.05, 0.1) is 16.7 Å². The lowest BCUT2D eigenvalue weighted by Crippen LogP contribution is -2.18. The van der Waals surface area contributed by atoms with Gasteiger partial charge in [-0.1, -0.05) is 24.3 Å². The summed E-state index contributed by atoms with van der Waals surface area (Å²) in [6.45, 7) is 1.84. The standard InChI is InChI=1S/C22H17N3O5/c1-15-5-2-3-8-20(15)21(26)24-23-14-16-9-11-19(12-10-16)30-22(27)17-6-4-7-18(13-17)25(28)29/h2-14H,1H3,(H,24,26)/b23-14-. The van der Waals surface area contributed by atoms with Crippen molar-refractivity contribution in [3.05, 3.63) is 105 Å². The zero-order valence-corrected chi connectivity index (χ0v) is 15.9. The predicted molar refractivity (Wildman–Crippen MR) is 111 cm³/mol. The van der Waals surface area contributed by atoms with Crippen LogP contribution in [-0.4, -0.2) is 23.0 Å². The minimum Gasteiger partial charge on any atom is -0.423 e. The lowest BCUT2D eigenvalue weighted by molar-refractivity contribution is -0.384. The molecule has 0 unspecified atom stereocenters. The molecule has 0 spiro atoms. The number of hydrogen-bond acceptors (Lipinski definition) is 6. The molecule has 8 nitrogen and oxygen atoms in total.